The molecule has 7 heteroatoms. The molecule has 1 aromatic heterocycles. The van der Waals surface area contributed by atoms with Crippen LogP contribution in [0.5, 0.6) is 0 Å². The van der Waals surface area contributed by atoms with Crippen LogP contribution in [-0.4, -0.2) is 40.6 Å². The Hall–Kier alpha value is -2.70. The molecule has 3 aromatic rings. The maximum Gasteiger partial charge on any atom is 0.258 e. The molecular weight excluding hydrogens is 403 g/mol. The summed E-state index contributed by atoms with van der Waals surface area (Å²) in [5.41, 5.74) is 4.07. The zero-order valence-electron chi connectivity index (χ0n) is 16.6. The van der Waals surface area contributed by atoms with Crippen LogP contribution in [0.25, 0.3) is 11.3 Å². The van der Waals surface area contributed by atoms with Crippen LogP contribution >= 0.6 is 12.4 Å². The topological polar surface area (TPSA) is 61.0 Å². The van der Waals surface area contributed by atoms with Crippen molar-refractivity contribution in [2.75, 3.05) is 19.6 Å². The number of rotatable bonds is 3. The Kier molecular flexibility index (Phi) is 5.62. The monoisotopic (exact) mass is 426 g/mol. The smallest absolute Gasteiger partial charge is 0.258 e. The van der Waals surface area contributed by atoms with Crippen molar-refractivity contribution in [1.82, 2.24) is 20.4 Å². The van der Waals surface area contributed by atoms with Crippen LogP contribution < -0.4 is 5.32 Å². The zero-order chi connectivity index (χ0) is 20.0. The van der Waals surface area contributed by atoms with Gasteiger partial charge in [-0.25, -0.2) is 4.39 Å². The molecule has 30 heavy (non-hydrogen) atoms. The van der Waals surface area contributed by atoms with Gasteiger partial charge in [0.05, 0.1) is 23.5 Å². The SMILES string of the molecule is Cc1ccccc1[C@@H]1[C@H]2CNC[C@H]2CN1C(=O)c1cn[nH]c1-c1cccc(F)c1.Cl. The first-order chi connectivity index (χ1) is 14.1. The van der Waals surface area contributed by atoms with Crippen LogP contribution in [0, 0.1) is 24.6 Å². The van der Waals surface area contributed by atoms with Crippen LogP contribution in [0.4, 0.5) is 4.39 Å². The predicted molar refractivity (Wildman–Crippen MR) is 116 cm³/mol. The Labute approximate surface area is 181 Å². The average molecular weight is 427 g/mol. The second kappa shape index (κ2) is 8.20. The summed E-state index contributed by atoms with van der Waals surface area (Å²) >= 11 is 0. The fourth-order valence-corrected chi connectivity index (χ4v) is 4.91. The number of hydrogen-bond donors (Lipinski definition) is 2. The van der Waals surface area contributed by atoms with Gasteiger partial charge in [0.2, 0.25) is 0 Å². The van der Waals surface area contributed by atoms with E-state index in [9.17, 15) is 9.18 Å². The molecule has 2 aromatic carbocycles. The van der Waals surface area contributed by atoms with Crippen molar-refractivity contribution in [3.8, 4) is 11.3 Å². The summed E-state index contributed by atoms with van der Waals surface area (Å²) in [4.78, 5) is 15.7. The van der Waals surface area contributed by atoms with Crippen LogP contribution in [0.2, 0.25) is 0 Å². The van der Waals surface area contributed by atoms with Gasteiger partial charge in [0.15, 0.2) is 0 Å². The normalized spacial score (nSPS) is 22.6. The van der Waals surface area contributed by atoms with E-state index in [4.69, 9.17) is 0 Å². The minimum absolute atomic E-state index is 0. The highest BCUT2D eigenvalue weighted by Crippen LogP contribution is 2.44. The molecule has 5 rings (SSSR count). The lowest BCUT2D eigenvalue weighted by Gasteiger charge is -2.29. The number of nitrogens with zero attached hydrogens (tertiary/aromatic N) is 2. The van der Waals surface area contributed by atoms with E-state index < -0.39 is 0 Å². The van der Waals surface area contributed by atoms with Gasteiger partial charge in [-0.3, -0.25) is 9.89 Å². The number of carbonyl (C=O) groups excluding carboxylic acids is 1. The highest BCUT2D eigenvalue weighted by atomic mass is 35.5. The van der Waals surface area contributed by atoms with Gasteiger partial charge in [-0.1, -0.05) is 36.4 Å². The van der Waals surface area contributed by atoms with E-state index in [1.165, 1.54) is 23.3 Å². The largest absolute Gasteiger partial charge is 0.331 e. The van der Waals surface area contributed by atoms with E-state index >= 15 is 0 Å². The lowest BCUT2D eigenvalue weighted by molar-refractivity contribution is 0.0714. The second-order valence-corrected chi connectivity index (χ2v) is 8.01. The quantitative estimate of drug-likeness (QED) is 0.666. The van der Waals surface area contributed by atoms with Gasteiger partial charge in [0, 0.05) is 31.1 Å². The van der Waals surface area contributed by atoms with E-state index in [1.54, 1.807) is 18.3 Å². The van der Waals surface area contributed by atoms with Crippen molar-refractivity contribution in [3.63, 3.8) is 0 Å². The molecule has 3 heterocycles. The maximum atomic E-state index is 13.7. The Bertz CT molecular complexity index is 1070. The summed E-state index contributed by atoms with van der Waals surface area (Å²) in [6.45, 7) is 4.65. The number of aromatic nitrogens is 2. The molecule has 0 saturated carbocycles. The minimum atomic E-state index is -0.338. The van der Waals surface area contributed by atoms with E-state index in [0.717, 1.165) is 13.1 Å². The summed E-state index contributed by atoms with van der Waals surface area (Å²) < 4.78 is 13.7. The minimum Gasteiger partial charge on any atom is -0.331 e. The average Bonchev–Trinajstić information content (AvgIpc) is 3.44. The molecule has 0 spiro atoms. The Morgan fingerprint density at radius 1 is 1.17 bits per heavy atom. The summed E-state index contributed by atoms with van der Waals surface area (Å²) in [6.07, 6.45) is 1.56. The molecule has 2 aliphatic rings. The van der Waals surface area contributed by atoms with Crippen LogP contribution in [0.15, 0.2) is 54.7 Å². The Morgan fingerprint density at radius 3 is 2.80 bits per heavy atom. The molecule has 1 amide bonds. The molecule has 0 radical (unpaired) electrons. The predicted octanol–water partition coefficient (Wildman–Crippen LogP) is 3.98. The lowest BCUT2D eigenvalue weighted by atomic mass is 9.87. The number of amides is 1. The molecule has 156 valence electrons. The molecule has 3 atom stereocenters. The third-order valence-electron chi connectivity index (χ3n) is 6.32. The Balaban J connectivity index is 0.00000218. The summed E-state index contributed by atoms with van der Waals surface area (Å²) in [6, 6.07) is 14.6. The van der Waals surface area contributed by atoms with Crippen molar-refractivity contribution in [3.05, 3.63) is 77.2 Å². The van der Waals surface area contributed by atoms with E-state index in [1.807, 2.05) is 17.0 Å². The number of benzene rings is 2. The number of fused-ring (bicyclic) bond motifs is 1. The van der Waals surface area contributed by atoms with E-state index in [0.29, 0.717) is 35.2 Å². The molecular formula is C23H24ClFN4O. The van der Waals surface area contributed by atoms with Crippen molar-refractivity contribution in [2.45, 2.75) is 13.0 Å². The summed E-state index contributed by atoms with van der Waals surface area (Å²) in [5, 5.41) is 10.5. The van der Waals surface area contributed by atoms with Crippen LogP contribution in [0.3, 0.4) is 0 Å². The van der Waals surface area contributed by atoms with Gasteiger partial charge < -0.3 is 10.2 Å². The van der Waals surface area contributed by atoms with Gasteiger partial charge in [-0.05, 0) is 36.1 Å². The maximum absolute atomic E-state index is 13.7. The number of hydrogen-bond acceptors (Lipinski definition) is 3. The molecule has 0 bridgehead atoms. The van der Waals surface area contributed by atoms with Crippen molar-refractivity contribution >= 4 is 18.3 Å². The summed E-state index contributed by atoms with van der Waals surface area (Å²) in [7, 11) is 0. The van der Waals surface area contributed by atoms with E-state index in [2.05, 4.69) is 34.6 Å². The molecule has 2 saturated heterocycles. The van der Waals surface area contributed by atoms with E-state index in [-0.39, 0.29) is 30.2 Å². The van der Waals surface area contributed by atoms with Crippen LogP contribution in [-0.2, 0) is 0 Å². The van der Waals surface area contributed by atoms with Crippen molar-refractivity contribution in [2.24, 2.45) is 11.8 Å². The highest BCUT2D eigenvalue weighted by molar-refractivity contribution is 6.00. The molecule has 0 unspecified atom stereocenters. The van der Waals surface area contributed by atoms with Gasteiger partial charge >= 0.3 is 0 Å². The third kappa shape index (κ3) is 3.40. The molecule has 2 aliphatic heterocycles. The third-order valence-corrected chi connectivity index (χ3v) is 6.32. The van der Waals surface area contributed by atoms with Gasteiger partial charge in [-0.15, -0.1) is 12.4 Å². The number of halogens is 2. The number of aryl methyl sites for hydroxylation is 1. The first-order valence-electron chi connectivity index (χ1n) is 10.00. The molecule has 0 aliphatic carbocycles. The number of H-pyrrole nitrogens is 1. The number of likely N-dealkylation sites (tertiary alicyclic amines) is 1. The van der Waals surface area contributed by atoms with Gasteiger partial charge in [0.25, 0.3) is 5.91 Å². The number of nitrogens with one attached hydrogen (secondary N) is 2. The standard InChI is InChI=1S/C23H23FN4O.ClH/c1-14-5-2-3-8-18(14)22-19-11-25-10-16(19)13-28(22)23(29)20-12-26-27-21(20)15-6-4-7-17(24)9-15;/h2-9,12,16,19,22,25H,10-11,13H2,1H3,(H,26,27);1H/t16-,19-,22+;/m0./s1. The number of aromatic amines is 1. The lowest BCUT2D eigenvalue weighted by Crippen LogP contribution is -2.35. The number of carbonyl (C=O) groups is 1. The highest BCUT2D eigenvalue weighted by Gasteiger charge is 2.47. The molecule has 5 nitrogen and oxygen atoms in total. The van der Waals surface area contributed by atoms with Crippen molar-refractivity contribution < 1.29 is 9.18 Å². The van der Waals surface area contributed by atoms with Gasteiger partial charge in [-0.2, -0.15) is 5.10 Å². The molecule has 2 fully saturated rings. The zero-order valence-corrected chi connectivity index (χ0v) is 17.5. The van der Waals surface area contributed by atoms with Crippen molar-refractivity contribution in [1.29, 1.82) is 0 Å². The van der Waals surface area contributed by atoms with Gasteiger partial charge in [0.1, 0.15) is 5.82 Å². The first kappa shape index (κ1) is 20.6. The summed E-state index contributed by atoms with van der Waals surface area (Å²) in [5.74, 6) is 0.438. The molecule has 2 N–H and O–H groups in total. The Morgan fingerprint density at radius 2 is 2.00 bits per heavy atom. The fourth-order valence-electron chi connectivity index (χ4n) is 4.91. The fraction of sp³-hybridized carbons (Fsp3) is 0.304. The first-order valence-corrected chi connectivity index (χ1v) is 10.00. The van der Waals surface area contributed by atoms with Crippen LogP contribution in [0.1, 0.15) is 27.5 Å². The second-order valence-electron chi connectivity index (χ2n) is 8.01.